The first-order valence-electron chi connectivity index (χ1n) is 3.54. The molecule has 1 aromatic carbocycles. The molecule has 0 aliphatic heterocycles. The van der Waals surface area contributed by atoms with Crippen LogP contribution in [0.15, 0.2) is 24.4 Å². The summed E-state index contributed by atoms with van der Waals surface area (Å²) in [5, 5.41) is 14.4. The molecular formula is C8H7ClN2O. The Hall–Kier alpha value is -1.06. The van der Waals surface area contributed by atoms with Gasteiger partial charge in [0, 0.05) is 5.39 Å². The molecule has 2 rings (SSSR count). The predicted octanol–water partition coefficient (Wildman–Crippen LogP) is 1.64. The lowest BCUT2D eigenvalue weighted by atomic mass is 10.2. The van der Waals surface area contributed by atoms with Gasteiger partial charge in [-0.3, -0.25) is 0 Å². The molecule has 3 nitrogen and oxygen atoms in total. The molecule has 1 aromatic heterocycles. The van der Waals surface area contributed by atoms with Gasteiger partial charge in [-0.25, -0.2) is 4.68 Å². The monoisotopic (exact) mass is 182 g/mol. The number of fused-ring (bicyclic) bond motifs is 1. The molecule has 0 amide bonds. The second kappa shape index (κ2) is 2.77. The van der Waals surface area contributed by atoms with Gasteiger partial charge in [-0.1, -0.05) is 17.7 Å². The summed E-state index contributed by atoms with van der Waals surface area (Å²) in [4.78, 5) is 0. The van der Waals surface area contributed by atoms with Crippen molar-refractivity contribution in [3.8, 4) is 0 Å². The van der Waals surface area contributed by atoms with Gasteiger partial charge in [0.1, 0.15) is 6.73 Å². The Labute approximate surface area is 74.2 Å². The first kappa shape index (κ1) is 7.58. The van der Waals surface area contributed by atoms with Gasteiger partial charge < -0.3 is 5.11 Å². The van der Waals surface area contributed by atoms with Gasteiger partial charge in [0.15, 0.2) is 0 Å². The maximum atomic E-state index is 8.87. The van der Waals surface area contributed by atoms with Gasteiger partial charge in [-0.2, -0.15) is 5.10 Å². The molecule has 1 heterocycles. The molecule has 0 fully saturated rings. The first-order valence-corrected chi connectivity index (χ1v) is 3.91. The van der Waals surface area contributed by atoms with Crippen LogP contribution in [0.5, 0.6) is 0 Å². The Morgan fingerprint density at radius 1 is 1.50 bits per heavy atom. The molecule has 0 atom stereocenters. The fraction of sp³-hybridized carbons (Fsp3) is 0.125. The zero-order chi connectivity index (χ0) is 8.55. The van der Waals surface area contributed by atoms with Crippen LogP contribution in [0.2, 0.25) is 5.02 Å². The Balaban J connectivity index is 2.80. The number of aromatic nitrogens is 2. The lowest BCUT2D eigenvalue weighted by Gasteiger charge is -1.96. The molecule has 0 unspecified atom stereocenters. The second-order valence-electron chi connectivity index (χ2n) is 2.46. The van der Waals surface area contributed by atoms with Gasteiger partial charge >= 0.3 is 0 Å². The van der Waals surface area contributed by atoms with E-state index < -0.39 is 0 Å². The largest absolute Gasteiger partial charge is 0.374 e. The van der Waals surface area contributed by atoms with Crippen LogP contribution in [0.3, 0.4) is 0 Å². The van der Waals surface area contributed by atoms with Gasteiger partial charge in [-0.15, -0.1) is 0 Å². The van der Waals surface area contributed by atoms with E-state index in [1.807, 2.05) is 12.1 Å². The summed E-state index contributed by atoms with van der Waals surface area (Å²) in [7, 11) is 0. The van der Waals surface area contributed by atoms with E-state index in [0.717, 1.165) is 10.9 Å². The second-order valence-corrected chi connectivity index (χ2v) is 2.87. The van der Waals surface area contributed by atoms with Crippen LogP contribution < -0.4 is 0 Å². The fourth-order valence-electron chi connectivity index (χ4n) is 1.18. The minimum atomic E-state index is -0.121. The SMILES string of the molecule is OCn1ncc2c(Cl)cccc21. The molecule has 2 aromatic rings. The van der Waals surface area contributed by atoms with E-state index in [9.17, 15) is 0 Å². The Kier molecular flexibility index (Phi) is 1.75. The third-order valence-corrected chi connectivity index (χ3v) is 2.10. The summed E-state index contributed by atoms with van der Waals surface area (Å²) in [6.07, 6.45) is 1.65. The van der Waals surface area contributed by atoms with Crippen molar-refractivity contribution in [2.75, 3.05) is 0 Å². The highest BCUT2D eigenvalue weighted by atomic mass is 35.5. The molecule has 1 N–H and O–H groups in total. The highest BCUT2D eigenvalue weighted by molar-refractivity contribution is 6.35. The van der Waals surface area contributed by atoms with Crippen LogP contribution in [-0.2, 0) is 6.73 Å². The van der Waals surface area contributed by atoms with Gasteiger partial charge in [0.25, 0.3) is 0 Å². The normalized spacial score (nSPS) is 10.8. The van der Waals surface area contributed by atoms with E-state index in [4.69, 9.17) is 16.7 Å². The number of aliphatic hydroxyl groups excluding tert-OH is 1. The predicted molar refractivity (Wildman–Crippen MR) is 47.0 cm³/mol. The molecule has 4 heteroatoms. The van der Waals surface area contributed by atoms with Crippen LogP contribution in [0.1, 0.15) is 0 Å². The molecular weight excluding hydrogens is 176 g/mol. The highest BCUT2D eigenvalue weighted by Gasteiger charge is 2.03. The smallest absolute Gasteiger partial charge is 0.136 e. The third kappa shape index (κ3) is 0.983. The lowest BCUT2D eigenvalue weighted by molar-refractivity contribution is 0.200. The minimum Gasteiger partial charge on any atom is -0.374 e. The number of hydrogen-bond acceptors (Lipinski definition) is 2. The standard InChI is InChI=1S/C8H7ClN2O/c9-7-2-1-3-8-6(7)4-10-11(8)5-12/h1-4,12H,5H2. The van der Waals surface area contributed by atoms with E-state index in [2.05, 4.69) is 5.10 Å². The first-order chi connectivity index (χ1) is 5.83. The number of hydrogen-bond donors (Lipinski definition) is 1. The van der Waals surface area contributed by atoms with Crippen molar-refractivity contribution in [1.29, 1.82) is 0 Å². The summed E-state index contributed by atoms with van der Waals surface area (Å²) < 4.78 is 1.49. The maximum Gasteiger partial charge on any atom is 0.136 e. The van der Waals surface area contributed by atoms with Crippen molar-refractivity contribution in [3.63, 3.8) is 0 Å². The molecule has 12 heavy (non-hydrogen) atoms. The summed E-state index contributed by atoms with van der Waals surface area (Å²) in [6.45, 7) is -0.121. The number of aliphatic hydroxyl groups is 1. The van der Waals surface area contributed by atoms with Crippen LogP contribution >= 0.6 is 11.6 Å². The van der Waals surface area contributed by atoms with Crippen molar-refractivity contribution in [2.24, 2.45) is 0 Å². The zero-order valence-corrected chi connectivity index (χ0v) is 6.99. The Morgan fingerprint density at radius 2 is 2.33 bits per heavy atom. The summed E-state index contributed by atoms with van der Waals surface area (Å²) >= 11 is 5.89. The van der Waals surface area contributed by atoms with E-state index in [1.54, 1.807) is 12.3 Å². The average molecular weight is 183 g/mol. The molecule has 0 aliphatic carbocycles. The molecule has 0 aliphatic rings. The molecule has 0 spiro atoms. The number of rotatable bonds is 1. The number of nitrogens with zero attached hydrogens (tertiary/aromatic N) is 2. The van der Waals surface area contributed by atoms with Crippen molar-refractivity contribution in [3.05, 3.63) is 29.4 Å². The number of benzene rings is 1. The Morgan fingerprint density at radius 3 is 3.08 bits per heavy atom. The Bertz CT molecular complexity index is 410. The molecule has 62 valence electrons. The summed E-state index contributed by atoms with van der Waals surface area (Å²) in [5.74, 6) is 0. The zero-order valence-electron chi connectivity index (χ0n) is 6.24. The highest BCUT2D eigenvalue weighted by Crippen LogP contribution is 2.22. The van der Waals surface area contributed by atoms with E-state index in [-0.39, 0.29) is 6.73 Å². The van der Waals surface area contributed by atoms with Gasteiger partial charge in [-0.05, 0) is 12.1 Å². The summed E-state index contributed by atoms with van der Waals surface area (Å²) in [6, 6.07) is 5.50. The van der Waals surface area contributed by atoms with Gasteiger partial charge in [0.05, 0.1) is 16.7 Å². The maximum absolute atomic E-state index is 8.87. The quantitative estimate of drug-likeness (QED) is 0.728. The van der Waals surface area contributed by atoms with Crippen molar-refractivity contribution >= 4 is 22.5 Å². The van der Waals surface area contributed by atoms with Gasteiger partial charge in [0.2, 0.25) is 0 Å². The summed E-state index contributed by atoms with van der Waals surface area (Å²) in [5.41, 5.74) is 0.852. The van der Waals surface area contributed by atoms with Crippen molar-refractivity contribution in [2.45, 2.75) is 6.73 Å². The molecule has 0 saturated heterocycles. The van der Waals surface area contributed by atoms with E-state index in [0.29, 0.717) is 5.02 Å². The minimum absolute atomic E-state index is 0.121. The lowest BCUT2D eigenvalue weighted by Crippen LogP contribution is -1.97. The van der Waals surface area contributed by atoms with Crippen molar-refractivity contribution in [1.82, 2.24) is 9.78 Å². The molecule has 0 radical (unpaired) electrons. The number of halogens is 1. The van der Waals surface area contributed by atoms with E-state index in [1.165, 1.54) is 4.68 Å². The molecule has 0 saturated carbocycles. The van der Waals surface area contributed by atoms with Crippen LogP contribution in [0.4, 0.5) is 0 Å². The topological polar surface area (TPSA) is 38.0 Å². The molecule has 0 bridgehead atoms. The van der Waals surface area contributed by atoms with Crippen LogP contribution in [0.25, 0.3) is 10.9 Å². The van der Waals surface area contributed by atoms with Crippen molar-refractivity contribution < 1.29 is 5.11 Å². The van der Waals surface area contributed by atoms with E-state index >= 15 is 0 Å². The van der Waals surface area contributed by atoms with Crippen LogP contribution in [-0.4, -0.2) is 14.9 Å². The average Bonchev–Trinajstić information content (AvgIpc) is 2.49. The fourth-order valence-corrected chi connectivity index (χ4v) is 1.40. The van der Waals surface area contributed by atoms with Crippen LogP contribution in [0, 0.1) is 0 Å². The third-order valence-electron chi connectivity index (χ3n) is 1.77.